The minimum atomic E-state index is 0.0238. The minimum Gasteiger partial charge on any atom is -0.356 e. The zero-order chi connectivity index (χ0) is 18.9. The topological polar surface area (TPSA) is 63.1 Å². The summed E-state index contributed by atoms with van der Waals surface area (Å²) < 4.78 is 2.38. The molecule has 1 N–H and O–H groups in total. The number of carbonyl (C=O) groups is 1. The monoisotopic (exact) mass is 379 g/mol. The van der Waals surface area contributed by atoms with E-state index in [9.17, 15) is 4.79 Å². The van der Waals surface area contributed by atoms with Crippen LogP contribution in [0, 0.1) is 5.92 Å². The Labute approximate surface area is 166 Å². The van der Waals surface area contributed by atoms with E-state index < -0.39 is 0 Å². The smallest absolute Gasteiger partial charge is 0.251 e. The molecule has 3 fully saturated rings. The second-order valence-electron chi connectivity index (χ2n) is 8.67. The number of rotatable bonds is 6. The Morgan fingerprint density at radius 3 is 2.79 bits per heavy atom. The molecular weight excluding hydrogens is 350 g/mol. The van der Waals surface area contributed by atoms with Crippen LogP contribution in [-0.4, -0.2) is 39.6 Å². The van der Waals surface area contributed by atoms with Gasteiger partial charge in [-0.3, -0.25) is 4.79 Å². The van der Waals surface area contributed by atoms with E-state index in [1.165, 1.54) is 31.5 Å². The van der Waals surface area contributed by atoms with Gasteiger partial charge in [0.15, 0.2) is 0 Å². The highest BCUT2D eigenvalue weighted by Crippen LogP contribution is 2.32. The van der Waals surface area contributed by atoms with Crippen molar-refractivity contribution in [1.82, 2.24) is 19.9 Å². The molecule has 6 nitrogen and oxygen atoms in total. The van der Waals surface area contributed by atoms with Crippen molar-refractivity contribution < 1.29 is 4.79 Å². The van der Waals surface area contributed by atoms with Crippen LogP contribution in [0.3, 0.4) is 0 Å². The van der Waals surface area contributed by atoms with Crippen LogP contribution < -0.4 is 10.2 Å². The van der Waals surface area contributed by atoms with Gasteiger partial charge in [-0.25, -0.2) is 9.97 Å². The average molecular weight is 380 g/mol. The predicted molar refractivity (Wildman–Crippen MR) is 108 cm³/mol. The fraction of sp³-hybridized carbons (Fsp3) is 0.591. The number of imidazole rings is 1. The highest BCUT2D eigenvalue weighted by molar-refractivity contribution is 5.95. The SMILES string of the molecule is O=C(NC1CC1)c1ccnc(N2CCC[C@@H](c3nccn3CC3CCC3)C2)c1. The lowest BCUT2D eigenvalue weighted by Crippen LogP contribution is -2.36. The lowest BCUT2D eigenvalue weighted by molar-refractivity contribution is 0.0951. The number of pyridine rings is 1. The highest BCUT2D eigenvalue weighted by Gasteiger charge is 2.28. The zero-order valence-corrected chi connectivity index (χ0v) is 16.4. The van der Waals surface area contributed by atoms with Crippen molar-refractivity contribution in [2.75, 3.05) is 18.0 Å². The molecule has 1 atom stereocenters. The molecule has 5 rings (SSSR count). The van der Waals surface area contributed by atoms with Gasteiger partial charge in [-0.05, 0) is 56.6 Å². The standard InChI is InChI=1S/C22H29N5O/c28-22(25-19-6-7-19)17-8-9-23-20(13-17)26-11-2-5-18(15-26)21-24-10-12-27(21)14-16-3-1-4-16/h8-10,12-13,16,18-19H,1-7,11,14-15H2,(H,25,28)/t18-/m1/s1. The molecular formula is C22H29N5O. The van der Waals surface area contributed by atoms with E-state index in [4.69, 9.17) is 4.98 Å². The quantitative estimate of drug-likeness (QED) is 0.836. The summed E-state index contributed by atoms with van der Waals surface area (Å²) in [5.74, 6) is 3.41. The lowest BCUT2D eigenvalue weighted by Gasteiger charge is -2.34. The molecule has 3 aliphatic rings. The summed E-state index contributed by atoms with van der Waals surface area (Å²) in [6.45, 7) is 3.02. The third kappa shape index (κ3) is 3.77. The number of nitrogens with one attached hydrogen (secondary N) is 1. The van der Waals surface area contributed by atoms with Crippen molar-refractivity contribution in [3.05, 3.63) is 42.1 Å². The first-order chi connectivity index (χ1) is 13.8. The highest BCUT2D eigenvalue weighted by atomic mass is 16.1. The van der Waals surface area contributed by atoms with Crippen molar-refractivity contribution in [1.29, 1.82) is 0 Å². The van der Waals surface area contributed by atoms with E-state index in [-0.39, 0.29) is 5.91 Å². The van der Waals surface area contributed by atoms with Crippen LogP contribution in [0.1, 0.15) is 67.0 Å². The molecule has 0 bridgehead atoms. The summed E-state index contributed by atoms with van der Waals surface area (Å²) in [7, 11) is 0. The van der Waals surface area contributed by atoms with Crippen molar-refractivity contribution in [2.24, 2.45) is 5.92 Å². The van der Waals surface area contributed by atoms with Gasteiger partial charge in [0.05, 0.1) is 0 Å². The molecule has 6 heteroatoms. The molecule has 2 saturated carbocycles. The van der Waals surface area contributed by atoms with E-state index in [0.29, 0.717) is 17.5 Å². The van der Waals surface area contributed by atoms with Gasteiger partial charge in [-0.1, -0.05) is 6.42 Å². The Kier molecular flexibility index (Phi) is 4.79. The maximum atomic E-state index is 12.4. The van der Waals surface area contributed by atoms with E-state index in [2.05, 4.69) is 26.0 Å². The molecule has 3 heterocycles. The van der Waals surface area contributed by atoms with E-state index in [0.717, 1.165) is 50.6 Å². The third-order valence-electron chi connectivity index (χ3n) is 6.46. The summed E-state index contributed by atoms with van der Waals surface area (Å²) in [6.07, 6.45) is 14.4. The fourth-order valence-corrected chi connectivity index (χ4v) is 4.41. The van der Waals surface area contributed by atoms with Crippen LogP contribution in [-0.2, 0) is 6.54 Å². The molecule has 2 aromatic rings. The second-order valence-corrected chi connectivity index (χ2v) is 8.67. The first-order valence-corrected chi connectivity index (χ1v) is 10.8. The van der Waals surface area contributed by atoms with E-state index in [1.54, 1.807) is 6.20 Å². The first-order valence-electron chi connectivity index (χ1n) is 10.8. The van der Waals surface area contributed by atoms with Crippen LogP contribution in [0.25, 0.3) is 0 Å². The molecule has 2 aliphatic carbocycles. The summed E-state index contributed by atoms with van der Waals surface area (Å²) in [6, 6.07) is 4.13. The average Bonchev–Trinajstić information content (AvgIpc) is 3.38. The Balaban J connectivity index is 1.29. The van der Waals surface area contributed by atoms with Gasteiger partial charge in [-0.2, -0.15) is 0 Å². The summed E-state index contributed by atoms with van der Waals surface area (Å²) >= 11 is 0. The summed E-state index contributed by atoms with van der Waals surface area (Å²) in [4.78, 5) is 24.0. The molecule has 0 radical (unpaired) electrons. The van der Waals surface area contributed by atoms with Crippen LogP contribution >= 0.6 is 0 Å². The molecule has 148 valence electrons. The van der Waals surface area contributed by atoms with Crippen molar-refractivity contribution in [3.8, 4) is 0 Å². The number of anilines is 1. The van der Waals surface area contributed by atoms with Crippen molar-refractivity contribution in [3.63, 3.8) is 0 Å². The lowest BCUT2D eigenvalue weighted by atomic mass is 9.85. The summed E-state index contributed by atoms with van der Waals surface area (Å²) in [5.41, 5.74) is 0.713. The number of aromatic nitrogens is 3. The van der Waals surface area contributed by atoms with Gasteiger partial charge < -0.3 is 14.8 Å². The molecule has 2 aromatic heterocycles. The number of amides is 1. The first kappa shape index (κ1) is 17.7. The Morgan fingerprint density at radius 2 is 2.00 bits per heavy atom. The number of hydrogen-bond acceptors (Lipinski definition) is 4. The molecule has 0 spiro atoms. The van der Waals surface area contributed by atoms with Crippen LogP contribution in [0.2, 0.25) is 0 Å². The van der Waals surface area contributed by atoms with Crippen LogP contribution in [0.5, 0.6) is 0 Å². The fourth-order valence-electron chi connectivity index (χ4n) is 4.41. The van der Waals surface area contributed by atoms with E-state index >= 15 is 0 Å². The maximum absolute atomic E-state index is 12.4. The van der Waals surface area contributed by atoms with Gasteiger partial charge in [0.2, 0.25) is 0 Å². The number of hydrogen-bond donors (Lipinski definition) is 1. The number of carbonyl (C=O) groups excluding carboxylic acids is 1. The van der Waals surface area contributed by atoms with Gasteiger partial charge in [0.1, 0.15) is 11.6 Å². The van der Waals surface area contributed by atoms with Crippen molar-refractivity contribution >= 4 is 11.7 Å². The molecule has 1 saturated heterocycles. The Morgan fingerprint density at radius 1 is 1.11 bits per heavy atom. The van der Waals surface area contributed by atoms with Gasteiger partial charge in [0, 0.05) is 55.7 Å². The number of piperidine rings is 1. The van der Waals surface area contributed by atoms with Crippen molar-refractivity contribution in [2.45, 2.75) is 63.5 Å². The predicted octanol–water partition coefficient (Wildman–Crippen LogP) is 3.35. The third-order valence-corrected chi connectivity index (χ3v) is 6.46. The molecule has 0 unspecified atom stereocenters. The molecule has 1 aliphatic heterocycles. The Bertz CT molecular complexity index is 839. The van der Waals surface area contributed by atoms with Gasteiger partial charge in [0.25, 0.3) is 5.91 Å². The van der Waals surface area contributed by atoms with Gasteiger partial charge in [-0.15, -0.1) is 0 Å². The normalized spacial score (nSPS) is 22.7. The number of nitrogens with zero attached hydrogens (tertiary/aromatic N) is 4. The van der Waals surface area contributed by atoms with Crippen LogP contribution in [0.15, 0.2) is 30.7 Å². The largest absolute Gasteiger partial charge is 0.356 e. The maximum Gasteiger partial charge on any atom is 0.251 e. The molecule has 28 heavy (non-hydrogen) atoms. The minimum absolute atomic E-state index is 0.0238. The van der Waals surface area contributed by atoms with E-state index in [1.807, 2.05) is 18.3 Å². The van der Waals surface area contributed by atoms with Crippen LogP contribution in [0.4, 0.5) is 5.82 Å². The summed E-state index contributed by atoms with van der Waals surface area (Å²) in [5, 5.41) is 3.07. The molecule has 1 amide bonds. The molecule has 0 aromatic carbocycles. The van der Waals surface area contributed by atoms with Gasteiger partial charge >= 0.3 is 0 Å². The zero-order valence-electron chi connectivity index (χ0n) is 16.4. The second kappa shape index (κ2) is 7.57. The Hall–Kier alpha value is -2.37.